The van der Waals surface area contributed by atoms with Crippen LogP contribution in [0.25, 0.3) is 10.8 Å². The van der Waals surface area contributed by atoms with Gasteiger partial charge in [0.15, 0.2) is 0 Å². The van der Waals surface area contributed by atoms with E-state index in [0.717, 1.165) is 16.3 Å². The lowest BCUT2D eigenvalue weighted by molar-refractivity contribution is 0.0744. The molecule has 1 aromatic carbocycles. The van der Waals surface area contributed by atoms with Crippen molar-refractivity contribution in [1.29, 1.82) is 0 Å². The van der Waals surface area contributed by atoms with E-state index in [2.05, 4.69) is 15.2 Å². The smallest absolute Gasteiger partial charge is 0.311 e. The highest BCUT2D eigenvalue weighted by molar-refractivity contribution is 5.90. The van der Waals surface area contributed by atoms with Gasteiger partial charge in [-0.1, -0.05) is 30.4 Å². The number of carbonyl (C=O) groups excluding carboxylic acids is 1. The summed E-state index contributed by atoms with van der Waals surface area (Å²) in [6, 6.07) is 7.90. The van der Waals surface area contributed by atoms with Gasteiger partial charge in [0.05, 0.1) is 0 Å². The number of benzene rings is 1. The van der Waals surface area contributed by atoms with Gasteiger partial charge in [-0.05, 0) is 23.9 Å². The number of pyridine rings is 1. The van der Waals surface area contributed by atoms with Crippen molar-refractivity contribution in [2.45, 2.75) is 19.9 Å². The van der Waals surface area contributed by atoms with Crippen LogP contribution in [-0.4, -0.2) is 33.0 Å². The first-order valence-electron chi connectivity index (χ1n) is 7.69. The van der Waals surface area contributed by atoms with Gasteiger partial charge in [0.1, 0.15) is 0 Å². The lowest BCUT2D eigenvalue weighted by Crippen LogP contribution is -2.26. The third kappa shape index (κ3) is 3.32. The molecule has 1 amide bonds. The first-order valence-corrected chi connectivity index (χ1v) is 7.69. The summed E-state index contributed by atoms with van der Waals surface area (Å²) >= 11 is 0. The zero-order chi connectivity index (χ0) is 16.9. The molecule has 2 heterocycles. The third-order valence-electron chi connectivity index (χ3n) is 3.70. The van der Waals surface area contributed by atoms with Gasteiger partial charge in [0.2, 0.25) is 5.89 Å². The summed E-state index contributed by atoms with van der Waals surface area (Å²) in [5.74, 6) is 0.153. The van der Waals surface area contributed by atoms with Crippen LogP contribution in [0.15, 0.2) is 53.2 Å². The summed E-state index contributed by atoms with van der Waals surface area (Å²) in [6.07, 6.45) is 7.88. The summed E-state index contributed by atoms with van der Waals surface area (Å²) in [7, 11) is 1.72. The lowest BCUT2D eigenvalue weighted by atomic mass is 10.1. The maximum Gasteiger partial charge on any atom is 0.311 e. The van der Waals surface area contributed by atoms with Crippen LogP contribution in [0.1, 0.15) is 29.1 Å². The third-order valence-corrected chi connectivity index (χ3v) is 3.70. The quantitative estimate of drug-likeness (QED) is 0.675. The Bertz CT molecular complexity index is 880. The van der Waals surface area contributed by atoms with E-state index >= 15 is 0 Å². The van der Waals surface area contributed by atoms with Crippen molar-refractivity contribution in [3.05, 3.63) is 66.2 Å². The molecular weight excluding hydrogens is 304 g/mol. The SMILES string of the molecule is C/C=C/Cc1nnc(C(=O)N(C)Cc2cccc3cnccc23)o1. The Kier molecular flexibility index (Phi) is 4.65. The van der Waals surface area contributed by atoms with E-state index in [1.807, 2.05) is 49.5 Å². The van der Waals surface area contributed by atoms with Crippen LogP contribution in [-0.2, 0) is 13.0 Å². The number of nitrogens with zero attached hydrogens (tertiary/aromatic N) is 4. The van der Waals surface area contributed by atoms with Crippen molar-refractivity contribution in [2.24, 2.45) is 0 Å². The second-order valence-electron chi connectivity index (χ2n) is 5.45. The zero-order valence-electron chi connectivity index (χ0n) is 13.6. The topological polar surface area (TPSA) is 72.1 Å². The van der Waals surface area contributed by atoms with Crippen LogP contribution < -0.4 is 0 Å². The fraction of sp³-hybridized carbons (Fsp3) is 0.222. The van der Waals surface area contributed by atoms with Gasteiger partial charge < -0.3 is 9.32 Å². The summed E-state index contributed by atoms with van der Waals surface area (Å²) < 4.78 is 5.42. The molecule has 6 nitrogen and oxygen atoms in total. The monoisotopic (exact) mass is 322 g/mol. The minimum Gasteiger partial charge on any atom is -0.417 e. The van der Waals surface area contributed by atoms with Gasteiger partial charge in [0.25, 0.3) is 0 Å². The summed E-state index contributed by atoms with van der Waals surface area (Å²) in [5.41, 5.74) is 1.04. The fourth-order valence-electron chi connectivity index (χ4n) is 2.46. The standard InChI is InChI=1S/C18H18N4O2/c1-3-4-8-16-20-21-17(24-16)18(23)22(2)12-14-7-5-6-13-11-19-10-9-15(13)14/h3-7,9-11H,8,12H2,1-2H3/b4-3+. The Hall–Kier alpha value is -3.02. The number of rotatable bonds is 5. The molecule has 0 saturated carbocycles. The van der Waals surface area contributed by atoms with Crippen molar-refractivity contribution in [2.75, 3.05) is 7.05 Å². The maximum absolute atomic E-state index is 12.5. The van der Waals surface area contributed by atoms with Gasteiger partial charge in [-0.3, -0.25) is 9.78 Å². The van der Waals surface area contributed by atoms with Crippen LogP contribution >= 0.6 is 0 Å². The number of hydrogen-bond donors (Lipinski definition) is 0. The van der Waals surface area contributed by atoms with Gasteiger partial charge in [-0.25, -0.2) is 0 Å². The predicted octanol–water partition coefficient (Wildman–Crippen LogP) is 3.01. The van der Waals surface area contributed by atoms with Gasteiger partial charge in [-0.2, -0.15) is 0 Å². The molecule has 3 rings (SSSR count). The Morgan fingerprint density at radius 1 is 1.29 bits per heavy atom. The van der Waals surface area contributed by atoms with E-state index in [1.54, 1.807) is 18.1 Å². The fourth-order valence-corrected chi connectivity index (χ4v) is 2.46. The average Bonchev–Trinajstić information content (AvgIpc) is 3.08. The number of fused-ring (bicyclic) bond motifs is 1. The van der Waals surface area contributed by atoms with E-state index in [-0.39, 0.29) is 11.8 Å². The minimum atomic E-state index is -0.291. The van der Waals surface area contributed by atoms with Crippen molar-refractivity contribution >= 4 is 16.7 Å². The second kappa shape index (κ2) is 7.04. The molecule has 0 fully saturated rings. The number of aromatic nitrogens is 3. The van der Waals surface area contributed by atoms with Crippen LogP contribution in [0.5, 0.6) is 0 Å². The molecule has 0 atom stereocenters. The highest BCUT2D eigenvalue weighted by Gasteiger charge is 2.19. The molecule has 2 aromatic heterocycles. The van der Waals surface area contributed by atoms with Crippen molar-refractivity contribution < 1.29 is 9.21 Å². The molecule has 6 heteroatoms. The number of hydrogen-bond acceptors (Lipinski definition) is 5. The van der Waals surface area contributed by atoms with Crippen molar-refractivity contribution in [1.82, 2.24) is 20.1 Å². The molecule has 3 aromatic rings. The van der Waals surface area contributed by atoms with E-state index in [9.17, 15) is 4.79 Å². The molecular formula is C18H18N4O2. The minimum absolute atomic E-state index is 0.0129. The second-order valence-corrected chi connectivity index (χ2v) is 5.45. The summed E-state index contributed by atoms with van der Waals surface area (Å²) in [5, 5.41) is 9.85. The molecule has 0 spiro atoms. The molecule has 122 valence electrons. The lowest BCUT2D eigenvalue weighted by Gasteiger charge is -2.16. The molecule has 0 unspecified atom stereocenters. The average molecular weight is 322 g/mol. The maximum atomic E-state index is 12.5. The summed E-state index contributed by atoms with van der Waals surface area (Å²) in [4.78, 5) is 18.2. The molecule has 0 aliphatic carbocycles. The normalized spacial score (nSPS) is 11.2. The summed E-state index contributed by atoms with van der Waals surface area (Å²) in [6.45, 7) is 2.36. The van der Waals surface area contributed by atoms with Gasteiger partial charge >= 0.3 is 11.8 Å². The highest BCUT2D eigenvalue weighted by Crippen LogP contribution is 2.19. The van der Waals surface area contributed by atoms with Crippen LogP contribution in [0, 0.1) is 0 Å². The predicted molar refractivity (Wildman–Crippen MR) is 90.4 cm³/mol. The number of amides is 1. The molecule has 0 radical (unpaired) electrons. The van der Waals surface area contributed by atoms with Crippen LogP contribution in [0.4, 0.5) is 0 Å². The number of carbonyl (C=O) groups is 1. The Morgan fingerprint density at radius 2 is 2.17 bits per heavy atom. The molecule has 0 N–H and O–H groups in total. The number of allylic oxidation sites excluding steroid dienone is 2. The Labute approximate surface area is 139 Å². The first-order chi connectivity index (χ1) is 11.7. The molecule has 0 aliphatic heterocycles. The van der Waals surface area contributed by atoms with Gasteiger partial charge in [0, 0.05) is 37.8 Å². The molecule has 24 heavy (non-hydrogen) atoms. The largest absolute Gasteiger partial charge is 0.417 e. The van der Waals surface area contributed by atoms with E-state index in [4.69, 9.17) is 4.42 Å². The molecule has 0 bridgehead atoms. The molecule has 0 aliphatic rings. The Morgan fingerprint density at radius 3 is 3.00 bits per heavy atom. The van der Waals surface area contributed by atoms with Crippen LogP contribution in [0.3, 0.4) is 0 Å². The zero-order valence-corrected chi connectivity index (χ0v) is 13.6. The van der Waals surface area contributed by atoms with Crippen molar-refractivity contribution in [3.63, 3.8) is 0 Å². The van der Waals surface area contributed by atoms with E-state index in [0.29, 0.717) is 18.9 Å². The van der Waals surface area contributed by atoms with E-state index < -0.39 is 0 Å². The first kappa shape index (κ1) is 15.9. The van der Waals surface area contributed by atoms with E-state index in [1.165, 1.54) is 0 Å². The Balaban J connectivity index is 1.77. The van der Waals surface area contributed by atoms with Crippen LogP contribution in [0.2, 0.25) is 0 Å². The highest BCUT2D eigenvalue weighted by atomic mass is 16.4. The van der Waals surface area contributed by atoms with Gasteiger partial charge in [-0.15, -0.1) is 10.2 Å². The van der Waals surface area contributed by atoms with Crippen molar-refractivity contribution in [3.8, 4) is 0 Å². The molecule has 0 saturated heterocycles.